The van der Waals surface area contributed by atoms with Crippen molar-refractivity contribution in [3.63, 3.8) is 0 Å². The molecule has 0 aromatic rings. The van der Waals surface area contributed by atoms with Crippen LogP contribution in [0.3, 0.4) is 0 Å². The number of carbonyl (C=O) groups is 1. The van der Waals surface area contributed by atoms with Gasteiger partial charge in [0.05, 0.1) is 19.8 Å². The molecule has 0 aliphatic rings. The Morgan fingerprint density at radius 1 is 0.912 bits per heavy atom. The molecule has 0 radical (unpaired) electrons. The number of carbonyl (C=O) groups excluding carboxylic acids is 1. The zero-order valence-electron chi connectivity index (χ0n) is 20.8. The molecule has 0 aliphatic heterocycles. The van der Waals surface area contributed by atoms with Gasteiger partial charge in [-0.2, -0.15) is 0 Å². The fourth-order valence-electron chi connectivity index (χ4n) is 2.99. The van der Waals surface area contributed by atoms with E-state index < -0.39 is 33.1 Å². The minimum absolute atomic E-state index is 0.0689. The Kier molecular flexibility index (Phi) is 22.6. The molecule has 0 saturated carbocycles. The Labute approximate surface area is 205 Å². The van der Waals surface area contributed by atoms with Gasteiger partial charge in [0.1, 0.15) is 6.10 Å². The van der Waals surface area contributed by atoms with E-state index in [1.165, 1.54) is 19.3 Å². The van der Waals surface area contributed by atoms with E-state index in [9.17, 15) is 19.4 Å². The van der Waals surface area contributed by atoms with Crippen LogP contribution >= 0.6 is 7.82 Å². The molecule has 0 saturated heterocycles. The first-order chi connectivity index (χ1) is 16.4. The van der Waals surface area contributed by atoms with Crippen LogP contribution in [-0.2, 0) is 23.1 Å². The maximum atomic E-state index is 11.9. The van der Waals surface area contributed by atoms with Gasteiger partial charge in [-0.1, -0.05) is 75.5 Å². The van der Waals surface area contributed by atoms with Crippen molar-refractivity contribution in [1.29, 1.82) is 0 Å². The molecular formula is C25H46NO7P. The van der Waals surface area contributed by atoms with Gasteiger partial charge >= 0.3 is 13.8 Å². The van der Waals surface area contributed by atoms with Crippen LogP contribution in [0.2, 0.25) is 0 Å². The van der Waals surface area contributed by atoms with Crippen LogP contribution in [0.5, 0.6) is 0 Å². The van der Waals surface area contributed by atoms with E-state index in [-0.39, 0.29) is 19.6 Å². The minimum atomic E-state index is -4.27. The maximum Gasteiger partial charge on any atom is 0.472 e. The number of rotatable bonds is 23. The normalized spacial score (nSPS) is 14.8. The first kappa shape index (κ1) is 32.7. The molecule has 0 aromatic carbocycles. The Hall–Kier alpha value is -1.28. The van der Waals surface area contributed by atoms with Gasteiger partial charge in [0.25, 0.3) is 0 Å². The molecule has 198 valence electrons. The van der Waals surface area contributed by atoms with Crippen LogP contribution in [-0.4, -0.2) is 48.4 Å². The van der Waals surface area contributed by atoms with Crippen LogP contribution in [0.15, 0.2) is 36.5 Å². The fourth-order valence-corrected chi connectivity index (χ4v) is 3.76. The van der Waals surface area contributed by atoms with Crippen LogP contribution in [0.1, 0.15) is 84.0 Å². The Balaban J connectivity index is 3.64. The summed E-state index contributed by atoms with van der Waals surface area (Å²) in [6, 6.07) is 0. The summed E-state index contributed by atoms with van der Waals surface area (Å²) in [6.45, 7) is 1.14. The van der Waals surface area contributed by atoms with Gasteiger partial charge in [-0.25, -0.2) is 4.57 Å². The molecule has 0 rings (SSSR count). The van der Waals surface area contributed by atoms with Crippen LogP contribution in [0.25, 0.3) is 0 Å². The highest BCUT2D eigenvalue weighted by molar-refractivity contribution is 7.47. The summed E-state index contributed by atoms with van der Waals surface area (Å²) in [5.74, 6) is -0.461. The summed E-state index contributed by atoms with van der Waals surface area (Å²) in [5.41, 5.74) is 5.19. The highest BCUT2D eigenvalue weighted by Crippen LogP contribution is 2.42. The predicted octanol–water partition coefficient (Wildman–Crippen LogP) is 5.35. The summed E-state index contributed by atoms with van der Waals surface area (Å²) in [4.78, 5) is 21.3. The highest BCUT2D eigenvalue weighted by atomic mass is 31.2. The van der Waals surface area contributed by atoms with Crippen molar-refractivity contribution in [2.75, 3.05) is 26.4 Å². The molecular weight excluding hydrogens is 457 g/mol. The first-order valence-electron chi connectivity index (χ1n) is 12.5. The Bertz CT molecular complexity index is 622. The second-order valence-electron chi connectivity index (χ2n) is 7.99. The van der Waals surface area contributed by atoms with Crippen molar-refractivity contribution in [2.24, 2.45) is 5.73 Å². The van der Waals surface area contributed by atoms with Gasteiger partial charge in [-0.3, -0.25) is 13.8 Å². The number of aliphatic hydroxyl groups excluding tert-OH is 1. The summed E-state index contributed by atoms with van der Waals surface area (Å²) in [5, 5.41) is 9.27. The number of hydrogen-bond acceptors (Lipinski definition) is 7. The average molecular weight is 504 g/mol. The predicted molar refractivity (Wildman–Crippen MR) is 136 cm³/mol. The van der Waals surface area contributed by atoms with Gasteiger partial charge in [-0.15, -0.1) is 0 Å². The highest BCUT2D eigenvalue weighted by Gasteiger charge is 2.24. The second-order valence-corrected chi connectivity index (χ2v) is 9.44. The molecule has 0 fully saturated rings. The number of hydrogen-bond donors (Lipinski definition) is 3. The molecule has 2 atom stereocenters. The summed E-state index contributed by atoms with van der Waals surface area (Å²) < 4.78 is 25.9. The number of unbranched alkanes of at least 4 members (excludes halogenated alkanes) is 7. The van der Waals surface area contributed by atoms with E-state index in [1.807, 2.05) is 0 Å². The number of aliphatic hydroxyl groups is 1. The molecule has 1 unspecified atom stereocenters. The lowest BCUT2D eigenvalue weighted by atomic mass is 10.1. The lowest BCUT2D eigenvalue weighted by molar-refractivity contribution is -0.153. The zero-order chi connectivity index (χ0) is 25.3. The van der Waals surface area contributed by atoms with Crippen LogP contribution in [0.4, 0.5) is 0 Å². The van der Waals surface area contributed by atoms with E-state index in [2.05, 4.69) is 47.9 Å². The second kappa shape index (κ2) is 23.5. The number of phosphoric acid groups is 1. The van der Waals surface area contributed by atoms with E-state index >= 15 is 0 Å². The van der Waals surface area contributed by atoms with Gasteiger partial charge in [0, 0.05) is 13.0 Å². The van der Waals surface area contributed by atoms with Crippen molar-refractivity contribution in [3.05, 3.63) is 36.5 Å². The first-order valence-corrected chi connectivity index (χ1v) is 14.0. The van der Waals surface area contributed by atoms with E-state index in [4.69, 9.17) is 15.0 Å². The van der Waals surface area contributed by atoms with Gasteiger partial charge in [-0.05, 0) is 38.5 Å². The molecule has 0 aliphatic carbocycles. The summed E-state index contributed by atoms with van der Waals surface area (Å²) in [6.07, 6.45) is 24.2. The molecule has 4 N–H and O–H groups in total. The summed E-state index contributed by atoms with van der Waals surface area (Å²) in [7, 11) is -4.27. The van der Waals surface area contributed by atoms with Crippen molar-refractivity contribution in [1.82, 2.24) is 0 Å². The van der Waals surface area contributed by atoms with E-state index in [0.717, 1.165) is 44.9 Å². The van der Waals surface area contributed by atoms with E-state index in [1.54, 1.807) is 0 Å². The molecule has 0 bridgehead atoms. The molecule has 0 aromatic heterocycles. The van der Waals surface area contributed by atoms with Crippen molar-refractivity contribution >= 4 is 13.8 Å². The molecule has 0 amide bonds. The largest absolute Gasteiger partial charge is 0.472 e. The third-order valence-electron chi connectivity index (χ3n) is 4.83. The number of allylic oxidation sites excluding steroid dienone is 6. The summed E-state index contributed by atoms with van der Waals surface area (Å²) >= 11 is 0. The molecule has 8 nitrogen and oxygen atoms in total. The van der Waals surface area contributed by atoms with Crippen LogP contribution in [0, 0.1) is 0 Å². The maximum absolute atomic E-state index is 11.9. The smallest absolute Gasteiger partial charge is 0.457 e. The van der Waals surface area contributed by atoms with Gasteiger partial charge < -0.3 is 20.5 Å². The number of ether oxygens (including phenoxy) is 1. The fraction of sp³-hybridized carbons (Fsp3) is 0.720. The Morgan fingerprint density at radius 3 is 2.12 bits per heavy atom. The standard InChI is InChI=1S/C25H46NO7P/c1-2-3-4-5-6-7-8-9-10-11-12-13-14-15-16-17-18-19-25(28)33-24(22-27)23-32-34(29,30)31-21-20-26/h3-4,6-7,9-10,24,27H,2,5,8,11-23,26H2,1H3,(H,29,30)/b4-3-,7-6-,10-9-/t24-/m1/s1. The number of esters is 1. The lowest BCUT2D eigenvalue weighted by Gasteiger charge is -2.17. The van der Waals surface area contributed by atoms with Crippen molar-refractivity contribution < 1.29 is 33.1 Å². The van der Waals surface area contributed by atoms with Crippen molar-refractivity contribution in [3.8, 4) is 0 Å². The van der Waals surface area contributed by atoms with Crippen molar-refractivity contribution in [2.45, 2.75) is 90.1 Å². The average Bonchev–Trinajstić information content (AvgIpc) is 2.82. The van der Waals surface area contributed by atoms with Gasteiger partial charge in [0.15, 0.2) is 0 Å². The minimum Gasteiger partial charge on any atom is -0.457 e. The lowest BCUT2D eigenvalue weighted by Crippen LogP contribution is -2.27. The zero-order valence-corrected chi connectivity index (χ0v) is 21.7. The van der Waals surface area contributed by atoms with E-state index in [0.29, 0.717) is 6.42 Å². The molecule has 34 heavy (non-hydrogen) atoms. The van der Waals surface area contributed by atoms with Gasteiger partial charge in [0.2, 0.25) is 0 Å². The molecule has 0 heterocycles. The number of phosphoric ester groups is 1. The third-order valence-corrected chi connectivity index (χ3v) is 5.81. The third kappa shape index (κ3) is 22.5. The molecule has 9 heteroatoms. The van der Waals surface area contributed by atoms with Crippen LogP contribution < -0.4 is 5.73 Å². The monoisotopic (exact) mass is 503 g/mol. The quantitative estimate of drug-likeness (QED) is 0.0736. The molecule has 0 spiro atoms. The topological polar surface area (TPSA) is 128 Å². The SMILES string of the molecule is CC/C=C\C/C=C\C/C=C\CCCCCCCCCC(=O)O[C@H](CO)COP(=O)(O)OCCN. The Morgan fingerprint density at radius 2 is 1.50 bits per heavy atom. The number of nitrogens with two attached hydrogens (primary N) is 1.